The number of rotatable bonds is 4. The zero-order valence-corrected chi connectivity index (χ0v) is 9.96. The van der Waals surface area contributed by atoms with Crippen LogP contribution in [0.3, 0.4) is 0 Å². The fourth-order valence-electron chi connectivity index (χ4n) is 2.39. The van der Waals surface area contributed by atoms with Crippen LogP contribution in [0, 0.1) is 0 Å². The van der Waals surface area contributed by atoms with Gasteiger partial charge in [-0.1, -0.05) is 18.2 Å². The molecule has 1 fully saturated rings. The smallest absolute Gasteiger partial charge is 0.220 e. The summed E-state index contributed by atoms with van der Waals surface area (Å²) >= 11 is 0. The molecule has 3 rings (SSSR count). The van der Waals surface area contributed by atoms with Gasteiger partial charge in [-0.3, -0.25) is 4.79 Å². The maximum Gasteiger partial charge on any atom is 0.220 e. The average Bonchev–Trinajstić information content (AvgIpc) is 3.00. The second-order valence-electron chi connectivity index (χ2n) is 4.97. The van der Waals surface area contributed by atoms with Gasteiger partial charge in [0, 0.05) is 24.7 Å². The number of anilines is 1. The number of carbonyl (C=O) groups excluding carboxylic acids is 1. The molecule has 1 saturated carbocycles. The van der Waals surface area contributed by atoms with Gasteiger partial charge in [0.25, 0.3) is 0 Å². The first-order chi connectivity index (χ1) is 8.33. The molecule has 3 heteroatoms. The summed E-state index contributed by atoms with van der Waals surface area (Å²) in [5, 5.41) is 6.45. The Morgan fingerprint density at radius 3 is 3.12 bits per heavy atom. The van der Waals surface area contributed by atoms with Crippen molar-refractivity contribution < 1.29 is 4.79 Å². The van der Waals surface area contributed by atoms with E-state index in [0.29, 0.717) is 12.5 Å². The first kappa shape index (κ1) is 10.6. The molecule has 0 saturated heterocycles. The number of carbonyl (C=O) groups is 1. The highest BCUT2D eigenvalue weighted by molar-refractivity contribution is 5.77. The zero-order valence-electron chi connectivity index (χ0n) is 9.96. The summed E-state index contributed by atoms with van der Waals surface area (Å²) in [6.45, 7) is 1.03. The Balaban J connectivity index is 1.61. The van der Waals surface area contributed by atoms with Crippen LogP contribution in [0.5, 0.6) is 0 Å². The summed E-state index contributed by atoms with van der Waals surface area (Å²) in [4.78, 5) is 11.6. The molecule has 1 heterocycles. The van der Waals surface area contributed by atoms with Crippen LogP contribution in [0.1, 0.15) is 30.4 Å². The molecule has 1 aromatic rings. The minimum absolute atomic E-state index is 0.197. The SMILES string of the molecule is O=C(CCc1cccc2c1NCC2)NC1CC1. The minimum atomic E-state index is 0.197. The van der Waals surface area contributed by atoms with Crippen LogP contribution in [-0.4, -0.2) is 18.5 Å². The van der Waals surface area contributed by atoms with Gasteiger partial charge in [-0.25, -0.2) is 0 Å². The van der Waals surface area contributed by atoms with Crippen LogP contribution < -0.4 is 10.6 Å². The summed E-state index contributed by atoms with van der Waals surface area (Å²) in [5.41, 5.74) is 3.95. The number of fused-ring (bicyclic) bond motifs is 1. The fraction of sp³-hybridized carbons (Fsp3) is 0.500. The molecule has 3 nitrogen and oxygen atoms in total. The summed E-state index contributed by atoms with van der Waals surface area (Å²) < 4.78 is 0. The Labute approximate surface area is 102 Å². The molecule has 0 unspecified atom stereocenters. The van der Waals surface area contributed by atoms with Gasteiger partial charge in [0.15, 0.2) is 0 Å². The number of benzene rings is 1. The number of hydrogen-bond acceptors (Lipinski definition) is 2. The van der Waals surface area contributed by atoms with Crippen molar-refractivity contribution in [1.29, 1.82) is 0 Å². The molecule has 17 heavy (non-hydrogen) atoms. The maximum absolute atomic E-state index is 11.6. The van der Waals surface area contributed by atoms with Gasteiger partial charge in [0.1, 0.15) is 0 Å². The highest BCUT2D eigenvalue weighted by Crippen LogP contribution is 2.27. The number of amides is 1. The molecule has 1 aliphatic carbocycles. The van der Waals surface area contributed by atoms with Crippen LogP contribution in [0.4, 0.5) is 5.69 Å². The van der Waals surface area contributed by atoms with Gasteiger partial charge in [-0.05, 0) is 36.8 Å². The lowest BCUT2D eigenvalue weighted by atomic mass is 10.0. The third-order valence-corrected chi connectivity index (χ3v) is 3.50. The van der Waals surface area contributed by atoms with E-state index in [1.54, 1.807) is 0 Å². The van der Waals surface area contributed by atoms with E-state index in [9.17, 15) is 4.79 Å². The van der Waals surface area contributed by atoms with Crippen molar-refractivity contribution in [2.24, 2.45) is 0 Å². The molecule has 0 spiro atoms. The zero-order chi connectivity index (χ0) is 11.7. The van der Waals surface area contributed by atoms with Gasteiger partial charge >= 0.3 is 0 Å². The van der Waals surface area contributed by atoms with Crippen LogP contribution >= 0.6 is 0 Å². The topological polar surface area (TPSA) is 41.1 Å². The molecule has 2 N–H and O–H groups in total. The predicted molar refractivity (Wildman–Crippen MR) is 68.1 cm³/mol. The summed E-state index contributed by atoms with van der Waals surface area (Å²) in [7, 11) is 0. The molecule has 90 valence electrons. The van der Waals surface area contributed by atoms with Gasteiger partial charge in [0.2, 0.25) is 5.91 Å². The largest absolute Gasteiger partial charge is 0.384 e. The van der Waals surface area contributed by atoms with Crippen molar-refractivity contribution in [2.75, 3.05) is 11.9 Å². The first-order valence-electron chi connectivity index (χ1n) is 6.47. The molecular weight excluding hydrogens is 212 g/mol. The van der Waals surface area contributed by atoms with E-state index in [2.05, 4.69) is 28.8 Å². The Hall–Kier alpha value is -1.51. The second kappa shape index (κ2) is 4.40. The summed E-state index contributed by atoms with van der Waals surface area (Å²) in [6.07, 6.45) is 4.88. The lowest BCUT2D eigenvalue weighted by Crippen LogP contribution is -2.25. The predicted octanol–water partition coefficient (Wildman–Crippen LogP) is 1.87. The Morgan fingerprint density at radius 1 is 1.41 bits per heavy atom. The first-order valence-corrected chi connectivity index (χ1v) is 6.47. The van der Waals surface area contributed by atoms with E-state index in [-0.39, 0.29) is 5.91 Å². The van der Waals surface area contributed by atoms with Crippen LogP contribution in [-0.2, 0) is 17.6 Å². The normalized spacial score (nSPS) is 17.4. The van der Waals surface area contributed by atoms with Gasteiger partial charge in [-0.15, -0.1) is 0 Å². The number of hydrogen-bond donors (Lipinski definition) is 2. The average molecular weight is 230 g/mol. The molecule has 0 aromatic heterocycles. The minimum Gasteiger partial charge on any atom is -0.384 e. The number of aryl methyl sites for hydroxylation is 1. The molecule has 1 aliphatic heterocycles. The van der Waals surface area contributed by atoms with E-state index in [1.165, 1.54) is 16.8 Å². The third-order valence-electron chi connectivity index (χ3n) is 3.50. The summed E-state index contributed by atoms with van der Waals surface area (Å²) in [5.74, 6) is 0.197. The van der Waals surface area contributed by atoms with Crippen molar-refractivity contribution >= 4 is 11.6 Å². The van der Waals surface area contributed by atoms with Gasteiger partial charge < -0.3 is 10.6 Å². The number of para-hydroxylation sites is 1. The highest BCUT2D eigenvalue weighted by Gasteiger charge is 2.23. The Kier molecular flexibility index (Phi) is 2.75. The number of nitrogens with one attached hydrogen (secondary N) is 2. The Bertz CT molecular complexity index is 438. The van der Waals surface area contributed by atoms with Crippen molar-refractivity contribution in [1.82, 2.24) is 5.32 Å². The van der Waals surface area contributed by atoms with Gasteiger partial charge in [0.05, 0.1) is 0 Å². The van der Waals surface area contributed by atoms with Gasteiger partial charge in [-0.2, -0.15) is 0 Å². The van der Waals surface area contributed by atoms with Crippen LogP contribution in [0.2, 0.25) is 0 Å². The van der Waals surface area contributed by atoms with E-state index in [0.717, 1.165) is 32.2 Å². The fourth-order valence-corrected chi connectivity index (χ4v) is 2.39. The maximum atomic E-state index is 11.6. The molecule has 0 radical (unpaired) electrons. The molecule has 2 aliphatic rings. The second-order valence-corrected chi connectivity index (χ2v) is 4.97. The van der Waals surface area contributed by atoms with Crippen molar-refractivity contribution in [3.05, 3.63) is 29.3 Å². The van der Waals surface area contributed by atoms with Crippen molar-refractivity contribution in [3.8, 4) is 0 Å². The molecule has 0 bridgehead atoms. The molecule has 1 aromatic carbocycles. The quantitative estimate of drug-likeness (QED) is 0.829. The van der Waals surface area contributed by atoms with E-state index >= 15 is 0 Å². The lowest BCUT2D eigenvalue weighted by molar-refractivity contribution is -0.121. The third kappa shape index (κ3) is 2.43. The van der Waals surface area contributed by atoms with Crippen molar-refractivity contribution in [3.63, 3.8) is 0 Å². The monoisotopic (exact) mass is 230 g/mol. The molecular formula is C14H18N2O. The molecule has 0 atom stereocenters. The van der Waals surface area contributed by atoms with E-state index in [4.69, 9.17) is 0 Å². The van der Waals surface area contributed by atoms with Crippen LogP contribution in [0.25, 0.3) is 0 Å². The molecule has 1 amide bonds. The van der Waals surface area contributed by atoms with E-state index in [1.807, 2.05) is 0 Å². The highest BCUT2D eigenvalue weighted by atomic mass is 16.1. The van der Waals surface area contributed by atoms with Crippen LogP contribution in [0.15, 0.2) is 18.2 Å². The Morgan fingerprint density at radius 2 is 2.29 bits per heavy atom. The van der Waals surface area contributed by atoms with Crippen molar-refractivity contribution in [2.45, 2.75) is 38.1 Å². The van der Waals surface area contributed by atoms with E-state index < -0.39 is 0 Å². The lowest BCUT2D eigenvalue weighted by Gasteiger charge is -2.08. The summed E-state index contributed by atoms with van der Waals surface area (Å²) in [6, 6.07) is 6.87. The standard InChI is InChI=1S/C14H18N2O/c17-13(16-12-5-6-12)7-4-10-2-1-3-11-8-9-15-14(10)11/h1-3,12,15H,4-9H2,(H,16,17).